The predicted octanol–water partition coefficient (Wildman–Crippen LogP) is 4.69. The molecule has 5 nitrogen and oxygen atoms in total. The van der Waals surface area contributed by atoms with Crippen LogP contribution in [-0.4, -0.2) is 12.0 Å². The van der Waals surface area contributed by atoms with Crippen LogP contribution < -0.4 is 9.47 Å². The highest BCUT2D eigenvalue weighted by Crippen LogP contribution is 2.38. The molecule has 0 aromatic heterocycles. The summed E-state index contributed by atoms with van der Waals surface area (Å²) < 4.78 is 74.5. The lowest BCUT2D eigenvalue weighted by molar-refractivity contribution is -0.385. The summed E-state index contributed by atoms with van der Waals surface area (Å²) in [6.45, 7) is 0. The lowest BCUT2D eigenvalue weighted by atomic mass is 10.2. The van der Waals surface area contributed by atoms with E-state index in [2.05, 4.69) is 0 Å². The van der Waals surface area contributed by atoms with Crippen molar-refractivity contribution in [1.29, 1.82) is 0 Å². The van der Waals surface area contributed by atoms with Gasteiger partial charge in [-0.25, -0.2) is 8.78 Å². The van der Waals surface area contributed by atoms with E-state index in [-0.39, 0.29) is 17.9 Å². The minimum absolute atomic E-state index is 0.0355. The van der Waals surface area contributed by atoms with Gasteiger partial charge in [0, 0.05) is 0 Å². The molecule has 0 radical (unpaired) electrons. The van der Waals surface area contributed by atoms with E-state index in [1.54, 1.807) is 0 Å². The van der Waals surface area contributed by atoms with Crippen molar-refractivity contribution in [2.24, 2.45) is 0 Å². The van der Waals surface area contributed by atoms with Gasteiger partial charge in [0.1, 0.15) is 5.75 Å². The van der Waals surface area contributed by atoms with Crippen molar-refractivity contribution in [2.45, 2.75) is 6.18 Å². The van der Waals surface area contributed by atoms with Crippen molar-refractivity contribution in [2.75, 3.05) is 7.11 Å². The number of nitro benzene ring substituents is 1. The van der Waals surface area contributed by atoms with E-state index in [1.165, 1.54) is 13.2 Å². The third kappa shape index (κ3) is 3.53. The summed E-state index contributed by atoms with van der Waals surface area (Å²) in [6, 6.07) is 3.24. The summed E-state index contributed by atoms with van der Waals surface area (Å²) in [5.74, 6) is -4.95. The zero-order chi connectivity index (χ0) is 18.1. The van der Waals surface area contributed by atoms with Gasteiger partial charge in [0.2, 0.25) is 5.75 Å². The van der Waals surface area contributed by atoms with Crippen LogP contribution in [0.4, 0.5) is 27.6 Å². The van der Waals surface area contributed by atoms with Crippen LogP contribution in [0.2, 0.25) is 0 Å². The molecule has 0 heterocycles. The molecular formula is C14H8F5NO4. The maximum Gasteiger partial charge on any atom is 0.416 e. The largest absolute Gasteiger partial charge is 0.496 e. The average molecular weight is 349 g/mol. The Bertz CT molecular complexity index is 768. The highest BCUT2D eigenvalue weighted by Gasteiger charge is 2.33. The fourth-order valence-corrected chi connectivity index (χ4v) is 1.78. The van der Waals surface area contributed by atoms with Gasteiger partial charge in [0.25, 0.3) is 0 Å². The van der Waals surface area contributed by atoms with Crippen LogP contribution in [0.15, 0.2) is 30.3 Å². The maximum atomic E-state index is 13.7. The molecule has 0 aliphatic carbocycles. The molecule has 0 bridgehead atoms. The summed E-state index contributed by atoms with van der Waals surface area (Å²) in [5.41, 5.74) is -2.22. The summed E-state index contributed by atoms with van der Waals surface area (Å²) in [4.78, 5) is 10.1. The van der Waals surface area contributed by atoms with E-state index in [0.717, 1.165) is 12.1 Å². The summed E-state index contributed by atoms with van der Waals surface area (Å²) >= 11 is 0. The Morgan fingerprint density at radius 3 is 2.12 bits per heavy atom. The summed E-state index contributed by atoms with van der Waals surface area (Å²) in [5, 5.41) is 11.0. The molecule has 10 heteroatoms. The van der Waals surface area contributed by atoms with Gasteiger partial charge >= 0.3 is 11.9 Å². The molecular weight excluding hydrogens is 341 g/mol. The summed E-state index contributed by atoms with van der Waals surface area (Å²) in [7, 11) is 1.24. The van der Waals surface area contributed by atoms with Gasteiger partial charge in [-0.2, -0.15) is 13.2 Å². The lowest BCUT2D eigenvalue weighted by Crippen LogP contribution is -2.07. The lowest BCUT2D eigenvalue weighted by Gasteiger charge is -2.12. The first-order chi connectivity index (χ1) is 11.1. The zero-order valence-electron chi connectivity index (χ0n) is 11.9. The molecule has 0 aliphatic rings. The Labute approximate surface area is 131 Å². The van der Waals surface area contributed by atoms with E-state index in [1.807, 2.05) is 0 Å². The molecule has 128 valence electrons. The van der Waals surface area contributed by atoms with E-state index in [4.69, 9.17) is 9.47 Å². The molecule has 0 saturated carbocycles. The van der Waals surface area contributed by atoms with Gasteiger partial charge in [-0.3, -0.25) is 10.1 Å². The van der Waals surface area contributed by atoms with Crippen molar-refractivity contribution in [3.63, 3.8) is 0 Å². The van der Waals surface area contributed by atoms with Gasteiger partial charge in [-0.1, -0.05) is 0 Å². The first kappa shape index (κ1) is 17.4. The topological polar surface area (TPSA) is 61.6 Å². The standard InChI is InChI=1S/C14H8F5NO4/c1-23-8-2-3-12(11(6-8)20(21)22)24-13-9(15)4-7(5-10(13)16)14(17,18)19/h2-6H,1H3. The van der Waals surface area contributed by atoms with Crippen LogP contribution in [0.1, 0.15) is 5.56 Å². The second-order valence-corrected chi connectivity index (χ2v) is 4.46. The molecule has 0 amide bonds. The van der Waals surface area contributed by atoms with Crippen molar-refractivity contribution >= 4 is 5.69 Å². The highest BCUT2D eigenvalue weighted by atomic mass is 19.4. The zero-order valence-corrected chi connectivity index (χ0v) is 11.9. The van der Waals surface area contributed by atoms with Gasteiger partial charge in [-0.05, 0) is 24.3 Å². The second-order valence-electron chi connectivity index (χ2n) is 4.46. The predicted molar refractivity (Wildman–Crippen MR) is 71.1 cm³/mol. The smallest absolute Gasteiger partial charge is 0.416 e. The number of hydrogen-bond donors (Lipinski definition) is 0. The fraction of sp³-hybridized carbons (Fsp3) is 0.143. The van der Waals surface area contributed by atoms with Crippen LogP contribution in [0.25, 0.3) is 0 Å². The Balaban J connectivity index is 2.47. The second kappa shape index (κ2) is 6.30. The molecule has 0 spiro atoms. The number of ether oxygens (including phenoxy) is 2. The normalized spacial score (nSPS) is 11.2. The van der Waals surface area contributed by atoms with Crippen LogP contribution in [0, 0.1) is 21.7 Å². The molecule has 0 fully saturated rings. The first-order valence-corrected chi connectivity index (χ1v) is 6.20. The minimum atomic E-state index is -4.95. The number of benzene rings is 2. The van der Waals surface area contributed by atoms with Crippen molar-refractivity contribution in [3.8, 4) is 17.2 Å². The van der Waals surface area contributed by atoms with E-state index in [9.17, 15) is 32.1 Å². The highest BCUT2D eigenvalue weighted by molar-refractivity contribution is 5.53. The van der Waals surface area contributed by atoms with Crippen LogP contribution in [-0.2, 0) is 6.18 Å². The Hall–Kier alpha value is -2.91. The molecule has 0 unspecified atom stereocenters. The van der Waals surface area contributed by atoms with Crippen molar-refractivity contribution < 1.29 is 36.3 Å². The molecule has 0 N–H and O–H groups in total. The molecule has 2 rings (SSSR count). The molecule has 0 aliphatic heterocycles. The van der Waals surface area contributed by atoms with Crippen LogP contribution in [0.3, 0.4) is 0 Å². The first-order valence-electron chi connectivity index (χ1n) is 6.20. The van der Waals surface area contributed by atoms with E-state index >= 15 is 0 Å². The fourth-order valence-electron chi connectivity index (χ4n) is 1.78. The monoisotopic (exact) mass is 349 g/mol. The number of nitro groups is 1. The SMILES string of the molecule is COc1ccc(Oc2c(F)cc(C(F)(F)F)cc2F)c([N+](=O)[O-])c1. The number of halogens is 5. The summed E-state index contributed by atoms with van der Waals surface area (Å²) in [6.07, 6.45) is -4.95. The minimum Gasteiger partial charge on any atom is -0.496 e. The molecule has 0 saturated heterocycles. The van der Waals surface area contributed by atoms with Crippen molar-refractivity contribution in [3.05, 3.63) is 57.6 Å². The van der Waals surface area contributed by atoms with E-state index in [0.29, 0.717) is 0 Å². The third-order valence-electron chi connectivity index (χ3n) is 2.90. The number of nitrogens with zero attached hydrogens (tertiary/aromatic N) is 1. The van der Waals surface area contributed by atoms with E-state index < -0.39 is 45.5 Å². The maximum absolute atomic E-state index is 13.7. The number of hydrogen-bond acceptors (Lipinski definition) is 4. The van der Waals surface area contributed by atoms with Gasteiger partial charge in [-0.15, -0.1) is 0 Å². The molecule has 0 atom stereocenters. The number of methoxy groups -OCH3 is 1. The van der Waals surface area contributed by atoms with Crippen LogP contribution in [0.5, 0.6) is 17.2 Å². The van der Waals surface area contributed by atoms with Crippen molar-refractivity contribution in [1.82, 2.24) is 0 Å². The average Bonchev–Trinajstić information content (AvgIpc) is 2.49. The number of rotatable bonds is 4. The van der Waals surface area contributed by atoms with Gasteiger partial charge in [0.15, 0.2) is 17.4 Å². The quantitative estimate of drug-likeness (QED) is 0.456. The number of alkyl halides is 3. The Morgan fingerprint density at radius 1 is 1.08 bits per heavy atom. The van der Waals surface area contributed by atoms with Crippen LogP contribution >= 0.6 is 0 Å². The molecule has 2 aromatic rings. The molecule has 2 aromatic carbocycles. The van der Waals surface area contributed by atoms with Gasteiger partial charge in [0.05, 0.1) is 23.7 Å². The Kier molecular flexibility index (Phi) is 4.58. The Morgan fingerprint density at radius 2 is 1.67 bits per heavy atom. The van der Waals surface area contributed by atoms with Gasteiger partial charge < -0.3 is 9.47 Å². The molecule has 24 heavy (non-hydrogen) atoms. The third-order valence-corrected chi connectivity index (χ3v) is 2.90.